The minimum absolute atomic E-state index is 0.0358. The van der Waals surface area contributed by atoms with Gasteiger partial charge in [-0.15, -0.1) is 0 Å². The van der Waals surface area contributed by atoms with Crippen molar-refractivity contribution in [2.45, 2.75) is 44.1 Å². The van der Waals surface area contributed by atoms with Gasteiger partial charge >= 0.3 is 5.97 Å². The SMILES string of the molecule is COC(=O)[C@H]1[C@@H](OCc2ccccc2)CC2CC[C@H]1N2C. The molecule has 2 saturated heterocycles. The van der Waals surface area contributed by atoms with Crippen LogP contribution in [0, 0.1) is 5.92 Å². The molecule has 2 fully saturated rings. The second-order valence-corrected chi connectivity index (χ2v) is 6.08. The second-order valence-electron chi connectivity index (χ2n) is 6.08. The molecule has 0 amide bonds. The third-order valence-electron chi connectivity index (χ3n) is 4.99. The van der Waals surface area contributed by atoms with Gasteiger partial charge in [0.25, 0.3) is 0 Å². The van der Waals surface area contributed by atoms with Gasteiger partial charge in [-0.3, -0.25) is 9.69 Å². The fraction of sp³-hybridized carbons (Fsp3) is 0.588. The summed E-state index contributed by atoms with van der Waals surface area (Å²) in [4.78, 5) is 14.5. The molecule has 0 saturated carbocycles. The van der Waals surface area contributed by atoms with E-state index in [4.69, 9.17) is 9.47 Å². The van der Waals surface area contributed by atoms with Crippen molar-refractivity contribution in [2.24, 2.45) is 5.92 Å². The van der Waals surface area contributed by atoms with Gasteiger partial charge in [0.1, 0.15) is 0 Å². The Kier molecular flexibility index (Phi) is 4.27. The molecule has 0 N–H and O–H groups in total. The van der Waals surface area contributed by atoms with Crippen LogP contribution < -0.4 is 0 Å². The molecule has 4 heteroatoms. The van der Waals surface area contributed by atoms with Gasteiger partial charge in [-0.05, 0) is 31.9 Å². The van der Waals surface area contributed by atoms with Crippen molar-refractivity contribution >= 4 is 5.97 Å². The zero-order valence-electron chi connectivity index (χ0n) is 12.7. The van der Waals surface area contributed by atoms with Crippen LogP contribution in [0.25, 0.3) is 0 Å². The zero-order chi connectivity index (χ0) is 14.8. The van der Waals surface area contributed by atoms with Crippen LogP contribution in [-0.2, 0) is 20.9 Å². The van der Waals surface area contributed by atoms with Crippen LogP contribution in [0.1, 0.15) is 24.8 Å². The zero-order valence-corrected chi connectivity index (χ0v) is 12.7. The Bertz CT molecular complexity index is 490. The minimum Gasteiger partial charge on any atom is -0.469 e. The summed E-state index contributed by atoms with van der Waals surface area (Å²) < 4.78 is 11.1. The van der Waals surface area contributed by atoms with E-state index in [-0.39, 0.29) is 24.0 Å². The van der Waals surface area contributed by atoms with Gasteiger partial charge in [-0.2, -0.15) is 0 Å². The highest BCUT2D eigenvalue weighted by Crippen LogP contribution is 2.40. The Morgan fingerprint density at radius 3 is 2.76 bits per heavy atom. The molecule has 1 aromatic rings. The van der Waals surface area contributed by atoms with Crippen LogP contribution in [0.5, 0.6) is 0 Å². The van der Waals surface area contributed by atoms with Crippen LogP contribution in [0.3, 0.4) is 0 Å². The van der Waals surface area contributed by atoms with E-state index in [1.807, 2.05) is 18.2 Å². The minimum atomic E-state index is -0.164. The van der Waals surface area contributed by atoms with Crippen molar-refractivity contribution in [3.8, 4) is 0 Å². The molecule has 114 valence electrons. The number of hydrogen-bond donors (Lipinski definition) is 0. The lowest BCUT2D eigenvalue weighted by atomic mass is 9.87. The van der Waals surface area contributed by atoms with Crippen molar-refractivity contribution in [2.75, 3.05) is 14.2 Å². The van der Waals surface area contributed by atoms with E-state index in [0.29, 0.717) is 12.6 Å². The van der Waals surface area contributed by atoms with Gasteiger partial charge in [0, 0.05) is 12.1 Å². The quantitative estimate of drug-likeness (QED) is 0.797. The van der Waals surface area contributed by atoms with Crippen LogP contribution in [-0.4, -0.2) is 43.2 Å². The summed E-state index contributed by atoms with van der Waals surface area (Å²) in [6, 6.07) is 10.9. The molecule has 4 atom stereocenters. The number of nitrogens with zero attached hydrogens (tertiary/aromatic N) is 1. The van der Waals surface area contributed by atoms with Gasteiger partial charge in [0.2, 0.25) is 0 Å². The van der Waals surface area contributed by atoms with E-state index in [0.717, 1.165) is 24.8 Å². The third-order valence-corrected chi connectivity index (χ3v) is 4.99. The van der Waals surface area contributed by atoms with E-state index in [9.17, 15) is 4.79 Å². The second kappa shape index (κ2) is 6.16. The number of piperidine rings is 1. The maximum absolute atomic E-state index is 12.2. The third kappa shape index (κ3) is 2.83. The Morgan fingerprint density at radius 2 is 2.05 bits per heavy atom. The number of esters is 1. The van der Waals surface area contributed by atoms with Crippen LogP contribution in [0.15, 0.2) is 30.3 Å². The standard InChI is InChI=1S/C17H23NO3/c1-18-13-8-9-14(18)16(17(19)20-2)15(10-13)21-11-12-6-4-3-5-7-12/h3-7,13-16H,8-11H2,1-2H3/t13?,14-,15+,16-/m1/s1. The average Bonchev–Trinajstić information content (AvgIpc) is 2.76. The fourth-order valence-electron chi connectivity index (χ4n) is 3.81. The largest absolute Gasteiger partial charge is 0.469 e. The first-order valence-corrected chi connectivity index (χ1v) is 7.66. The Hall–Kier alpha value is -1.39. The summed E-state index contributed by atoms with van der Waals surface area (Å²) in [6.07, 6.45) is 3.09. The normalized spacial score (nSPS) is 32.1. The molecule has 1 unspecified atom stereocenters. The number of fused-ring (bicyclic) bond motifs is 2. The highest BCUT2D eigenvalue weighted by Gasteiger charge is 2.49. The molecule has 0 radical (unpaired) electrons. The highest BCUT2D eigenvalue weighted by molar-refractivity contribution is 5.74. The topological polar surface area (TPSA) is 38.8 Å². The van der Waals surface area contributed by atoms with Crippen molar-refractivity contribution in [3.05, 3.63) is 35.9 Å². The summed E-state index contributed by atoms with van der Waals surface area (Å²) in [6.45, 7) is 0.558. The Balaban J connectivity index is 1.71. The average molecular weight is 289 g/mol. The van der Waals surface area contributed by atoms with E-state index < -0.39 is 0 Å². The van der Waals surface area contributed by atoms with Crippen LogP contribution in [0.4, 0.5) is 0 Å². The number of carbonyl (C=O) groups excluding carboxylic acids is 1. The first kappa shape index (κ1) is 14.5. The smallest absolute Gasteiger partial charge is 0.312 e. The van der Waals surface area contributed by atoms with Gasteiger partial charge in [-0.25, -0.2) is 0 Å². The molecule has 2 aliphatic rings. The first-order chi connectivity index (χ1) is 10.2. The molecular weight excluding hydrogens is 266 g/mol. The molecule has 2 bridgehead atoms. The predicted octanol–water partition coefficient (Wildman–Crippen LogP) is 2.23. The van der Waals surface area contributed by atoms with E-state index in [2.05, 4.69) is 24.1 Å². The fourth-order valence-corrected chi connectivity index (χ4v) is 3.81. The van der Waals surface area contributed by atoms with E-state index in [1.54, 1.807) is 0 Å². The van der Waals surface area contributed by atoms with Gasteiger partial charge in [0.05, 0.1) is 25.7 Å². The molecule has 0 aromatic heterocycles. The van der Waals surface area contributed by atoms with Crippen molar-refractivity contribution in [1.29, 1.82) is 0 Å². The molecule has 2 heterocycles. The molecule has 1 aromatic carbocycles. The molecule has 4 nitrogen and oxygen atoms in total. The monoisotopic (exact) mass is 289 g/mol. The van der Waals surface area contributed by atoms with Crippen molar-refractivity contribution < 1.29 is 14.3 Å². The summed E-state index contributed by atoms with van der Waals surface area (Å²) in [5.41, 5.74) is 1.15. The number of benzene rings is 1. The highest BCUT2D eigenvalue weighted by atomic mass is 16.5. The maximum Gasteiger partial charge on any atom is 0.312 e. The summed E-state index contributed by atoms with van der Waals surface area (Å²) >= 11 is 0. The Labute approximate surface area is 126 Å². The number of rotatable bonds is 4. The van der Waals surface area contributed by atoms with Crippen LogP contribution >= 0.6 is 0 Å². The van der Waals surface area contributed by atoms with Gasteiger partial charge in [-0.1, -0.05) is 30.3 Å². The van der Waals surface area contributed by atoms with Crippen molar-refractivity contribution in [1.82, 2.24) is 4.90 Å². The summed E-state index contributed by atoms with van der Waals surface area (Å²) in [5, 5.41) is 0. The number of carbonyl (C=O) groups is 1. The Morgan fingerprint density at radius 1 is 1.29 bits per heavy atom. The van der Waals surface area contributed by atoms with Crippen LogP contribution in [0.2, 0.25) is 0 Å². The van der Waals surface area contributed by atoms with Crippen molar-refractivity contribution in [3.63, 3.8) is 0 Å². The van der Waals surface area contributed by atoms with E-state index in [1.165, 1.54) is 7.11 Å². The molecule has 21 heavy (non-hydrogen) atoms. The molecule has 0 spiro atoms. The lowest BCUT2D eigenvalue weighted by molar-refractivity contribution is -0.160. The molecule has 3 rings (SSSR count). The number of ether oxygens (including phenoxy) is 2. The molecule has 2 aliphatic heterocycles. The summed E-state index contributed by atoms with van der Waals surface area (Å²) in [5.74, 6) is -0.298. The molecular formula is C17H23NO3. The van der Waals surface area contributed by atoms with Gasteiger partial charge in [0.15, 0.2) is 0 Å². The number of hydrogen-bond acceptors (Lipinski definition) is 4. The first-order valence-electron chi connectivity index (χ1n) is 7.66. The predicted molar refractivity (Wildman–Crippen MR) is 79.7 cm³/mol. The van der Waals surface area contributed by atoms with E-state index >= 15 is 0 Å². The maximum atomic E-state index is 12.2. The molecule has 0 aliphatic carbocycles. The lowest BCUT2D eigenvalue weighted by Crippen LogP contribution is -2.53. The van der Waals surface area contributed by atoms with Gasteiger partial charge < -0.3 is 9.47 Å². The lowest BCUT2D eigenvalue weighted by Gasteiger charge is -2.41. The summed E-state index contributed by atoms with van der Waals surface area (Å²) in [7, 11) is 3.59. The number of methoxy groups -OCH3 is 1.